The van der Waals surface area contributed by atoms with Gasteiger partial charge in [0.05, 0.1) is 10.2 Å². The van der Waals surface area contributed by atoms with Gasteiger partial charge in [0, 0.05) is 11.9 Å². The number of aromatic nitrogens is 2. The second-order valence-electron chi connectivity index (χ2n) is 6.72. The largest absolute Gasteiger partial charge is 0.301 e. The number of hydrogen-bond acceptors (Lipinski definition) is 8. The quantitative estimate of drug-likeness (QED) is 0.464. The second-order valence-corrected chi connectivity index (χ2v) is 11.7. The van der Waals surface area contributed by atoms with Gasteiger partial charge in [-0.15, -0.1) is 34.0 Å². The van der Waals surface area contributed by atoms with Crippen LogP contribution in [0.3, 0.4) is 0 Å². The molecule has 1 N–H and O–H groups in total. The third kappa shape index (κ3) is 3.56. The summed E-state index contributed by atoms with van der Waals surface area (Å²) in [4.78, 5) is 22.0. The normalized spacial score (nSPS) is 17.5. The van der Waals surface area contributed by atoms with Gasteiger partial charge in [0.15, 0.2) is 5.13 Å². The standard InChI is InChI=1S/C19H16N4O3S4/c24-17(14-6-3-9-23(14)30(25,26)16-8-4-10-27-16)22-19-21-13(11-28-19)18-20-12-5-1-2-7-15(12)29-18/h1-2,4-5,7-8,10-11,14H,3,6,9H2,(H,21,22,24). The van der Waals surface area contributed by atoms with Crippen molar-refractivity contribution in [3.05, 3.63) is 47.2 Å². The van der Waals surface area contributed by atoms with Crippen molar-refractivity contribution in [2.75, 3.05) is 11.9 Å². The molecule has 0 aliphatic carbocycles. The molecule has 0 radical (unpaired) electrons. The van der Waals surface area contributed by atoms with E-state index in [0.29, 0.717) is 30.2 Å². The highest BCUT2D eigenvalue weighted by molar-refractivity contribution is 7.91. The summed E-state index contributed by atoms with van der Waals surface area (Å²) >= 11 is 4.01. The summed E-state index contributed by atoms with van der Waals surface area (Å²) in [5.41, 5.74) is 1.61. The van der Waals surface area contributed by atoms with Crippen LogP contribution in [-0.4, -0.2) is 41.2 Å². The third-order valence-corrected chi connectivity index (χ3v) is 9.91. The minimum atomic E-state index is -3.67. The number of thiophene rings is 1. The summed E-state index contributed by atoms with van der Waals surface area (Å²) in [6.45, 7) is 0.340. The fourth-order valence-corrected chi connectivity index (χ4v) is 7.89. The maximum absolute atomic E-state index is 12.9. The van der Waals surface area contributed by atoms with E-state index < -0.39 is 16.1 Å². The summed E-state index contributed by atoms with van der Waals surface area (Å²) in [5.74, 6) is -0.349. The number of thiazole rings is 2. The molecule has 1 aliphatic heterocycles. The zero-order valence-electron chi connectivity index (χ0n) is 15.5. The highest BCUT2D eigenvalue weighted by Crippen LogP contribution is 2.33. The lowest BCUT2D eigenvalue weighted by molar-refractivity contribution is -0.119. The molecule has 5 rings (SSSR count). The number of benzene rings is 1. The van der Waals surface area contributed by atoms with E-state index in [4.69, 9.17) is 0 Å². The van der Waals surface area contributed by atoms with Gasteiger partial charge in [0.2, 0.25) is 5.91 Å². The van der Waals surface area contributed by atoms with E-state index in [0.717, 1.165) is 26.6 Å². The van der Waals surface area contributed by atoms with Gasteiger partial charge in [0.1, 0.15) is 21.0 Å². The van der Waals surface area contributed by atoms with Crippen molar-refractivity contribution in [1.82, 2.24) is 14.3 Å². The number of carbonyl (C=O) groups is 1. The number of fused-ring (bicyclic) bond motifs is 1. The first-order chi connectivity index (χ1) is 14.5. The molecule has 1 fully saturated rings. The summed E-state index contributed by atoms with van der Waals surface area (Å²) in [7, 11) is -3.67. The first-order valence-corrected chi connectivity index (χ1v) is 13.2. The van der Waals surface area contributed by atoms with Crippen LogP contribution >= 0.6 is 34.0 Å². The lowest BCUT2D eigenvalue weighted by Crippen LogP contribution is -2.42. The van der Waals surface area contributed by atoms with Crippen LogP contribution in [0, 0.1) is 0 Å². The fraction of sp³-hybridized carbons (Fsp3) is 0.211. The molecule has 0 bridgehead atoms. The average molecular weight is 477 g/mol. The van der Waals surface area contributed by atoms with Crippen LogP contribution in [0.5, 0.6) is 0 Å². The van der Waals surface area contributed by atoms with Crippen LogP contribution in [0.25, 0.3) is 20.9 Å². The van der Waals surface area contributed by atoms with Crippen LogP contribution in [-0.2, 0) is 14.8 Å². The van der Waals surface area contributed by atoms with Crippen molar-refractivity contribution in [2.24, 2.45) is 0 Å². The topological polar surface area (TPSA) is 92.3 Å². The SMILES string of the molecule is O=C(Nc1nc(-c2nc3ccccc3s2)cs1)C1CCCN1S(=O)(=O)c1cccs1. The molecule has 0 saturated carbocycles. The molecule has 4 aromatic rings. The maximum Gasteiger partial charge on any atom is 0.253 e. The lowest BCUT2D eigenvalue weighted by Gasteiger charge is -2.22. The minimum absolute atomic E-state index is 0.259. The van der Waals surface area contributed by atoms with Crippen molar-refractivity contribution in [3.8, 4) is 10.7 Å². The van der Waals surface area contributed by atoms with Gasteiger partial charge in [-0.3, -0.25) is 4.79 Å². The summed E-state index contributed by atoms with van der Waals surface area (Å²) in [6.07, 6.45) is 1.14. The molecular formula is C19H16N4O3S4. The van der Waals surface area contributed by atoms with Crippen molar-refractivity contribution in [2.45, 2.75) is 23.1 Å². The Kier molecular flexibility index (Phi) is 5.15. The van der Waals surface area contributed by atoms with Gasteiger partial charge in [-0.25, -0.2) is 18.4 Å². The fourth-order valence-electron chi connectivity index (χ4n) is 3.42. The Morgan fingerprint density at radius 1 is 1.13 bits per heavy atom. The van der Waals surface area contributed by atoms with E-state index in [2.05, 4.69) is 15.3 Å². The van der Waals surface area contributed by atoms with E-state index in [9.17, 15) is 13.2 Å². The molecule has 11 heteroatoms. The van der Waals surface area contributed by atoms with E-state index >= 15 is 0 Å². The molecule has 1 aliphatic rings. The van der Waals surface area contributed by atoms with Crippen molar-refractivity contribution >= 4 is 65.3 Å². The lowest BCUT2D eigenvalue weighted by atomic mass is 10.2. The van der Waals surface area contributed by atoms with Crippen LogP contribution in [0.1, 0.15) is 12.8 Å². The number of anilines is 1. The van der Waals surface area contributed by atoms with Crippen LogP contribution in [0.2, 0.25) is 0 Å². The molecule has 7 nitrogen and oxygen atoms in total. The number of rotatable bonds is 5. The Morgan fingerprint density at radius 3 is 2.80 bits per heavy atom. The number of hydrogen-bond donors (Lipinski definition) is 1. The van der Waals surface area contributed by atoms with Crippen molar-refractivity contribution < 1.29 is 13.2 Å². The second kappa shape index (κ2) is 7.82. The molecule has 154 valence electrons. The minimum Gasteiger partial charge on any atom is -0.301 e. The molecule has 1 saturated heterocycles. The average Bonchev–Trinajstić information content (AvgIpc) is 3.54. The molecule has 30 heavy (non-hydrogen) atoms. The summed E-state index contributed by atoms with van der Waals surface area (Å²) in [6, 6.07) is 10.4. The van der Waals surface area contributed by atoms with Gasteiger partial charge in [0.25, 0.3) is 10.0 Å². The summed E-state index contributed by atoms with van der Waals surface area (Å²) < 4.78 is 28.4. The predicted molar refractivity (Wildman–Crippen MR) is 121 cm³/mol. The molecule has 1 aromatic carbocycles. The Bertz CT molecular complexity index is 1280. The molecule has 4 heterocycles. The van der Waals surface area contributed by atoms with Gasteiger partial charge >= 0.3 is 0 Å². The number of amides is 1. The van der Waals surface area contributed by atoms with Crippen LogP contribution in [0.15, 0.2) is 51.4 Å². The number of sulfonamides is 1. The molecule has 3 aromatic heterocycles. The van der Waals surface area contributed by atoms with Gasteiger partial charge in [-0.05, 0) is 36.4 Å². The third-order valence-electron chi connectivity index (χ3n) is 4.81. The Morgan fingerprint density at radius 2 is 2.00 bits per heavy atom. The molecule has 0 spiro atoms. The zero-order valence-corrected chi connectivity index (χ0v) is 18.8. The highest BCUT2D eigenvalue weighted by atomic mass is 32.2. The van der Waals surface area contributed by atoms with Crippen molar-refractivity contribution in [3.63, 3.8) is 0 Å². The Hall–Kier alpha value is -2.18. The van der Waals surface area contributed by atoms with Crippen LogP contribution in [0.4, 0.5) is 5.13 Å². The number of para-hydroxylation sites is 1. The number of nitrogens with one attached hydrogen (secondary N) is 1. The van der Waals surface area contributed by atoms with E-state index in [1.165, 1.54) is 15.6 Å². The Labute approximate surface area is 185 Å². The number of nitrogens with zero attached hydrogens (tertiary/aromatic N) is 3. The maximum atomic E-state index is 12.9. The van der Waals surface area contributed by atoms with Gasteiger partial charge in [-0.1, -0.05) is 18.2 Å². The molecule has 1 unspecified atom stereocenters. The predicted octanol–water partition coefficient (Wildman–Crippen LogP) is 4.27. The van der Waals surface area contributed by atoms with E-state index in [-0.39, 0.29) is 10.1 Å². The first kappa shape index (κ1) is 19.8. The number of carbonyl (C=O) groups excluding carboxylic acids is 1. The Balaban J connectivity index is 1.34. The molecular weight excluding hydrogens is 461 g/mol. The smallest absolute Gasteiger partial charge is 0.253 e. The summed E-state index contributed by atoms with van der Waals surface area (Å²) in [5, 5.41) is 7.59. The van der Waals surface area contributed by atoms with E-state index in [1.807, 2.05) is 29.6 Å². The van der Waals surface area contributed by atoms with E-state index in [1.54, 1.807) is 28.8 Å². The molecule has 1 amide bonds. The first-order valence-electron chi connectivity index (χ1n) is 9.20. The van der Waals surface area contributed by atoms with Crippen molar-refractivity contribution in [1.29, 1.82) is 0 Å². The van der Waals surface area contributed by atoms with Crippen LogP contribution < -0.4 is 5.32 Å². The zero-order chi connectivity index (χ0) is 20.7. The van der Waals surface area contributed by atoms with Gasteiger partial charge < -0.3 is 5.32 Å². The molecule has 1 atom stereocenters. The highest BCUT2D eigenvalue weighted by Gasteiger charge is 2.40. The monoisotopic (exact) mass is 476 g/mol. The van der Waals surface area contributed by atoms with Gasteiger partial charge in [-0.2, -0.15) is 4.31 Å².